The van der Waals surface area contributed by atoms with Crippen molar-refractivity contribution in [2.24, 2.45) is 5.92 Å². The van der Waals surface area contributed by atoms with E-state index >= 15 is 0 Å². The second-order valence-corrected chi connectivity index (χ2v) is 2.26. The summed E-state index contributed by atoms with van der Waals surface area (Å²) < 4.78 is 10.3. The van der Waals surface area contributed by atoms with Crippen molar-refractivity contribution in [3.8, 4) is 0 Å². The maximum atomic E-state index is 5.13. The van der Waals surface area contributed by atoms with Crippen LogP contribution in [0.4, 0.5) is 0 Å². The quantitative estimate of drug-likeness (QED) is 0.544. The Balaban J connectivity index is 2.00. The first-order valence-electron chi connectivity index (χ1n) is 3.28. The fraction of sp³-hybridized carbons (Fsp3) is 0.250. The standard InChI is InChI=1S/C8H8O2/c1-2-4-7(3-1)8-9-5-6-10-8/h1-8H. The number of hydrogen-bond acceptors (Lipinski definition) is 2. The van der Waals surface area contributed by atoms with Gasteiger partial charge in [0.1, 0.15) is 12.5 Å². The number of hydrogen-bond donors (Lipinski definition) is 0. The summed E-state index contributed by atoms with van der Waals surface area (Å²) in [4.78, 5) is 0. The van der Waals surface area contributed by atoms with Crippen molar-refractivity contribution in [3.63, 3.8) is 0 Å². The van der Waals surface area contributed by atoms with Crippen molar-refractivity contribution >= 4 is 0 Å². The predicted octanol–water partition coefficient (Wildman–Crippen LogP) is 1.57. The first kappa shape index (κ1) is 5.59. The smallest absolute Gasteiger partial charge is 0.249 e. The summed E-state index contributed by atoms with van der Waals surface area (Å²) in [6.45, 7) is 0. The molecule has 0 aromatic rings. The van der Waals surface area contributed by atoms with Crippen LogP contribution in [0.1, 0.15) is 0 Å². The summed E-state index contributed by atoms with van der Waals surface area (Å²) in [6, 6.07) is 0. The molecule has 0 saturated carbocycles. The summed E-state index contributed by atoms with van der Waals surface area (Å²) in [5, 5.41) is 0. The fourth-order valence-corrected chi connectivity index (χ4v) is 1.06. The SMILES string of the molecule is C1=CC(C2OC=CO2)C=C1. The molecular weight excluding hydrogens is 128 g/mol. The molecular formula is C8H8O2. The molecule has 1 heterocycles. The topological polar surface area (TPSA) is 18.5 Å². The van der Waals surface area contributed by atoms with Crippen LogP contribution in [0.15, 0.2) is 36.8 Å². The van der Waals surface area contributed by atoms with Gasteiger partial charge >= 0.3 is 0 Å². The van der Waals surface area contributed by atoms with Crippen molar-refractivity contribution in [2.75, 3.05) is 0 Å². The first-order valence-corrected chi connectivity index (χ1v) is 3.28. The van der Waals surface area contributed by atoms with Gasteiger partial charge in [-0.2, -0.15) is 0 Å². The summed E-state index contributed by atoms with van der Waals surface area (Å²) >= 11 is 0. The van der Waals surface area contributed by atoms with E-state index in [0.29, 0.717) is 0 Å². The van der Waals surface area contributed by atoms with Crippen LogP contribution in [-0.4, -0.2) is 6.29 Å². The summed E-state index contributed by atoms with van der Waals surface area (Å²) in [5.74, 6) is 0.287. The second kappa shape index (κ2) is 2.21. The molecule has 2 heteroatoms. The minimum Gasteiger partial charge on any atom is -0.458 e. The molecule has 0 radical (unpaired) electrons. The van der Waals surface area contributed by atoms with Crippen molar-refractivity contribution < 1.29 is 9.47 Å². The van der Waals surface area contributed by atoms with Crippen LogP contribution in [0.2, 0.25) is 0 Å². The van der Waals surface area contributed by atoms with Gasteiger partial charge in [-0.3, -0.25) is 0 Å². The van der Waals surface area contributed by atoms with Crippen LogP contribution in [-0.2, 0) is 9.47 Å². The van der Waals surface area contributed by atoms with Gasteiger partial charge in [-0.15, -0.1) is 0 Å². The molecule has 1 aliphatic carbocycles. The molecule has 0 fully saturated rings. The van der Waals surface area contributed by atoms with E-state index in [0.717, 1.165) is 0 Å². The van der Waals surface area contributed by atoms with E-state index in [9.17, 15) is 0 Å². The largest absolute Gasteiger partial charge is 0.458 e. The Morgan fingerprint density at radius 2 is 1.50 bits per heavy atom. The average molecular weight is 136 g/mol. The molecule has 10 heavy (non-hydrogen) atoms. The molecule has 2 rings (SSSR count). The van der Waals surface area contributed by atoms with Crippen LogP contribution in [0.3, 0.4) is 0 Å². The van der Waals surface area contributed by atoms with Crippen molar-refractivity contribution in [1.29, 1.82) is 0 Å². The molecule has 2 aliphatic rings. The molecule has 0 atom stereocenters. The van der Waals surface area contributed by atoms with E-state index < -0.39 is 0 Å². The Kier molecular flexibility index (Phi) is 1.24. The van der Waals surface area contributed by atoms with Gasteiger partial charge in [0, 0.05) is 0 Å². The monoisotopic (exact) mass is 136 g/mol. The Hall–Kier alpha value is -1.18. The Morgan fingerprint density at radius 3 is 2.10 bits per heavy atom. The van der Waals surface area contributed by atoms with Gasteiger partial charge in [-0.05, 0) is 0 Å². The van der Waals surface area contributed by atoms with Crippen molar-refractivity contribution in [1.82, 2.24) is 0 Å². The highest BCUT2D eigenvalue weighted by atomic mass is 16.7. The molecule has 0 N–H and O–H groups in total. The third kappa shape index (κ3) is 0.817. The predicted molar refractivity (Wildman–Crippen MR) is 36.9 cm³/mol. The lowest BCUT2D eigenvalue weighted by atomic mass is 10.2. The fourth-order valence-electron chi connectivity index (χ4n) is 1.06. The van der Waals surface area contributed by atoms with Gasteiger partial charge in [0.25, 0.3) is 0 Å². The molecule has 1 aliphatic heterocycles. The van der Waals surface area contributed by atoms with E-state index in [4.69, 9.17) is 9.47 Å². The highest BCUT2D eigenvalue weighted by Crippen LogP contribution is 2.20. The zero-order valence-corrected chi connectivity index (χ0v) is 5.44. The Morgan fingerprint density at radius 1 is 0.900 bits per heavy atom. The molecule has 0 unspecified atom stereocenters. The van der Waals surface area contributed by atoms with Gasteiger partial charge in [-0.1, -0.05) is 24.3 Å². The van der Waals surface area contributed by atoms with Gasteiger partial charge in [-0.25, -0.2) is 0 Å². The van der Waals surface area contributed by atoms with E-state index in [2.05, 4.69) is 12.2 Å². The second-order valence-electron chi connectivity index (χ2n) is 2.26. The number of allylic oxidation sites excluding steroid dienone is 2. The molecule has 52 valence electrons. The van der Waals surface area contributed by atoms with Crippen molar-refractivity contribution in [3.05, 3.63) is 36.8 Å². The van der Waals surface area contributed by atoms with Crippen LogP contribution in [0.5, 0.6) is 0 Å². The van der Waals surface area contributed by atoms with E-state index in [1.807, 2.05) is 12.2 Å². The lowest BCUT2D eigenvalue weighted by molar-refractivity contribution is -0.0400. The molecule has 0 aromatic carbocycles. The zero-order valence-electron chi connectivity index (χ0n) is 5.44. The van der Waals surface area contributed by atoms with Crippen LogP contribution in [0.25, 0.3) is 0 Å². The number of ether oxygens (including phenoxy) is 2. The normalized spacial score (nSPS) is 23.6. The van der Waals surface area contributed by atoms with E-state index in [1.165, 1.54) is 0 Å². The van der Waals surface area contributed by atoms with Gasteiger partial charge in [0.05, 0.1) is 5.92 Å². The average Bonchev–Trinajstić information content (AvgIpc) is 2.59. The number of rotatable bonds is 1. The minimum absolute atomic E-state index is 0.130. The van der Waals surface area contributed by atoms with E-state index in [-0.39, 0.29) is 12.2 Å². The van der Waals surface area contributed by atoms with Gasteiger partial charge < -0.3 is 9.47 Å². The summed E-state index contributed by atoms with van der Waals surface area (Å²) in [6.07, 6.45) is 11.1. The van der Waals surface area contributed by atoms with Crippen LogP contribution in [0, 0.1) is 5.92 Å². The van der Waals surface area contributed by atoms with Crippen LogP contribution >= 0.6 is 0 Å². The molecule has 0 aromatic heterocycles. The lowest BCUT2D eigenvalue weighted by Gasteiger charge is -2.13. The third-order valence-corrected chi connectivity index (χ3v) is 1.57. The van der Waals surface area contributed by atoms with Crippen molar-refractivity contribution in [2.45, 2.75) is 6.29 Å². The molecule has 0 saturated heterocycles. The molecule has 0 amide bonds. The minimum atomic E-state index is -0.130. The third-order valence-electron chi connectivity index (χ3n) is 1.57. The first-order chi connectivity index (χ1) is 4.97. The Bertz CT molecular complexity index is 183. The highest BCUT2D eigenvalue weighted by Gasteiger charge is 2.21. The van der Waals surface area contributed by atoms with Gasteiger partial charge in [0.15, 0.2) is 0 Å². The maximum Gasteiger partial charge on any atom is 0.249 e. The molecule has 0 spiro atoms. The Labute approximate surface area is 59.4 Å². The van der Waals surface area contributed by atoms with E-state index in [1.54, 1.807) is 12.5 Å². The summed E-state index contributed by atoms with van der Waals surface area (Å²) in [7, 11) is 0. The summed E-state index contributed by atoms with van der Waals surface area (Å²) in [5.41, 5.74) is 0. The zero-order chi connectivity index (χ0) is 6.81. The lowest BCUT2D eigenvalue weighted by Crippen LogP contribution is -2.16. The molecule has 0 bridgehead atoms. The maximum absolute atomic E-state index is 5.13. The molecule has 2 nitrogen and oxygen atoms in total. The highest BCUT2D eigenvalue weighted by molar-refractivity contribution is 5.18. The van der Waals surface area contributed by atoms with Gasteiger partial charge in [0.2, 0.25) is 6.29 Å². The van der Waals surface area contributed by atoms with Crippen LogP contribution < -0.4 is 0 Å².